The van der Waals surface area contributed by atoms with Crippen LogP contribution in [-0.2, 0) is 26.6 Å². The van der Waals surface area contributed by atoms with Gasteiger partial charge in [0.05, 0.1) is 18.3 Å². The lowest BCUT2D eigenvalue weighted by Gasteiger charge is -2.13. The largest absolute Gasteiger partial charge is 0.573 e. The van der Waals surface area contributed by atoms with Gasteiger partial charge in [-0.15, -0.1) is 13.2 Å². The Morgan fingerprint density at radius 2 is 1.90 bits per heavy atom. The van der Waals surface area contributed by atoms with E-state index >= 15 is 0 Å². The number of rotatable bonds is 10. The van der Waals surface area contributed by atoms with Gasteiger partial charge in [0.2, 0.25) is 0 Å². The predicted octanol–water partition coefficient (Wildman–Crippen LogP) is 4.07. The summed E-state index contributed by atoms with van der Waals surface area (Å²) < 4.78 is 46.2. The van der Waals surface area contributed by atoms with Gasteiger partial charge in [0.25, 0.3) is 5.56 Å². The summed E-state index contributed by atoms with van der Waals surface area (Å²) in [6.45, 7) is 3.80. The lowest BCUT2D eigenvalue weighted by Crippen LogP contribution is -2.40. The molecule has 39 heavy (non-hydrogen) atoms. The Morgan fingerprint density at radius 3 is 2.54 bits per heavy atom. The molecule has 0 aliphatic carbocycles. The summed E-state index contributed by atoms with van der Waals surface area (Å²) in [5.74, 6) is -0.0331. The Bertz CT molecular complexity index is 1610. The normalized spacial score (nSPS) is 12.6. The van der Waals surface area contributed by atoms with Crippen LogP contribution in [0.5, 0.6) is 5.75 Å². The van der Waals surface area contributed by atoms with Crippen molar-refractivity contribution in [3.05, 3.63) is 91.0 Å². The number of aromatic nitrogens is 5. The van der Waals surface area contributed by atoms with E-state index in [4.69, 9.17) is 0 Å². The number of halogens is 3. The zero-order chi connectivity index (χ0) is 28.3. The van der Waals surface area contributed by atoms with Gasteiger partial charge in [0.1, 0.15) is 11.6 Å². The highest BCUT2D eigenvalue weighted by atomic mass is 19.4. The van der Waals surface area contributed by atoms with Gasteiger partial charge in [-0.25, -0.2) is 9.78 Å². The number of aryl methyl sites for hydroxylation is 2. The van der Waals surface area contributed by atoms with E-state index in [0.717, 1.165) is 10.1 Å². The maximum absolute atomic E-state index is 13.6. The number of nitroso groups, excluding NO2 is 1. The number of benzene rings is 1. The Morgan fingerprint density at radius 1 is 1.13 bits per heavy atom. The summed E-state index contributed by atoms with van der Waals surface area (Å²) in [4.78, 5) is 46.8. The monoisotopic (exact) mass is 544 g/mol. The molecule has 1 aromatic carbocycles. The number of fused-ring (bicyclic) bond motifs is 1. The number of pyridine rings is 1. The number of hydrogen-bond donors (Lipinski definition) is 0. The number of hydrogen-bond acceptors (Lipinski definition) is 7. The van der Waals surface area contributed by atoms with Crippen LogP contribution in [0.15, 0.2) is 57.4 Å². The number of nitrogens with zero attached hydrogens (tertiary/aromatic N) is 6. The second-order valence-corrected chi connectivity index (χ2v) is 9.24. The molecule has 0 saturated heterocycles. The molecule has 0 amide bonds. The van der Waals surface area contributed by atoms with E-state index < -0.39 is 23.7 Å². The molecule has 10 nitrogen and oxygen atoms in total. The Hall–Kier alpha value is -4.29. The molecule has 1 unspecified atom stereocenters. The topological polar surface area (TPSA) is 113 Å². The standard InChI is InChI=1S/C26H27F3N6O4/c1-4-18(32-38)10-11-34-24(36)22-23(33(3)25(34)37)31-21(35(22)15-19-9-8-16(2)14-30-19)13-17-6-5-7-20(12-17)39-26(27,28)29/h5-9,12,14,18H,4,10-11,13,15H2,1-3H3. The van der Waals surface area contributed by atoms with Gasteiger partial charge in [-0.3, -0.25) is 18.9 Å². The first-order valence-corrected chi connectivity index (χ1v) is 12.3. The molecular weight excluding hydrogens is 517 g/mol. The van der Waals surface area contributed by atoms with Crippen molar-refractivity contribution >= 4 is 11.2 Å². The maximum atomic E-state index is 13.6. The molecule has 0 fully saturated rings. The van der Waals surface area contributed by atoms with Gasteiger partial charge in [-0.05, 0) is 49.1 Å². The van der Waals surface area contributed by atoms with E-state index in [1.54, 1.807) is 29.8 Å². The van der Waals surface area contributed by atoms with Gasteiger partial charge in [-0.2, -0.15) is 4.91 Å². The highest BCUT2D eigenvalue weighted by Gasteiger charge is 2.31. The Labute approximate surface area is 220 Å². The van der Waals surface area contributed by atoms with Crippen LogP contribution in [0, 0.1) is 11.8 Å². The van der Waals surface area contributed by atoms with Crippen molar-refractivity contribution in [1.82, 2.24) is 23.7 Å². The third-order valence-corrected chi connectivity index (χ3v) is 6.40. The van der Waals surface area contributed by atoms with Gasteiger partial charge in [-0.1, -0.05) is 30.3 Å². The molecular formula is C26H27F3N6O4. The molecule has 0 aliphatic heterocycles. The highest BCUT2D eigenvalue weighted by Crippen LogP contribution is 2.25. The fourth-order valence-electron chi connectivity index (χ4n) is 4.32. The molecule has 0 bridgehead atoms. The molecule has 3 aromatic heterocycles. The van der Waals surface area contributed by atoms with Crippen LogP contribution in [-0.4, -0.2) is 36.1 Å². The smallest absolute Gasteiger partial charge is 0.406 e. The van der Waals surface area contributed by atoms with Crippen LogP contribution in [0.1, 0.15) is 42.4 Å². The van der Waals surface area contributed by atoms with Crippen LogP contribution in [0.4, 0.5) is 13.2 Å². The fraction of sp³-hybridized carbons (Fsp3) is 0.385. The van der Waals surface area contributed by atoms with Crippen LogP contribution >= 0.6 is 0 Å². The SMILES string of the molecule is CCC(CCn1c(=O)c2c(nc(Cc3cccc(OC(F)(F)F)c3)n2Cc2ccc(C)cn2)n(C)c1=O)N=O. The molecule has 0 aliphatic rings. The van der Waals surface area contributed by atoms with Gasteiger partial charge >= 0.3 is 12.1 Å². The lowest BCUT2D eigenvalue weighted by atomic mass is 10.1. The molecule has 13 heteroatoms. The molecule has 4 aromatic rings. The predicted molar refractivity (Wildman–Crippen MR) is 138 cm³/mol. The first kappa shape index (κ1) is 27.7. The summed E-state index contributed by atoms with van der Waals surface area (Å²) in [6, 6.07) is 8.60. The quantitative estimate of drug-likeness (QED) is 0.278. The molecule has 3 heterocycles. The maximum Gasteiger partial charge on any atom is 0.573 e. The van der Waals surface area contributed by atoms with Crippen molar-refractivity contribution in [2.75, 3.05) is 0 Å². The minimum atomic E-state index is -4.84. The van der Waals surface area contributed by atoms with Crippen LogP contribution in [0.3, 0.4) is 0 Å². The van der Waals surface area contributed by atoms with Crippen molar-refractivity contribution in [3.8, 4) is 5.75 Å². The summed E-state index contributed by atoms with van der Waals surface area (Å²) in [5.41, 5.74) is 1.10. The van der Waals surface area contributed by atoms with Gasteiger partial charge in [0.15, 0.2) is 11.2 Å². The molecule has 0 saturated carbocycles. The third-order valence-electron chi connectivity index (χ3n) is 6.40. The summed E-state index contributed by atoms with van der Waals surface area (Å²) in [5, 5.41) is 3.05. The van der Waals surface area contributed by atoms with Crippen LogP contribution in [0.25, 0.3) is 11.2 Å². The zero-order valence-corrected chi connectivity index (χ0v) is 21.6. The number of imidazole rings is 1. The van der Waals surface area contributed by atoms with E-state index in [1.807, 2.05) is 13.0 Å². The summed E-state index contributed by atoms with van der Waals surface area (Å²) in [7, 11) is 1.49. The molecule has 0 N–H and O–H groups in total. The minimum Gasteiger partial charge on any atom is -0.406 e. The van der Waals surface area contributed by atoms with E-state index in [9.17, 15) is 27.7 Å². The minimum absolute atomic E-state index is 0.00812. The Balaban J connectivity index is 1.85. The van der Waals surface area contributed by atoms with E-state index in [2.05, 4.69) is 19.9 Å². The van der Waals surface area contributed by atoms with E-state index in [0.29, 0.717) is 23.5 Å². The average Bonchev–Trinajstić information content (AvgIpc) is 3.23. The average molecular weight is 545 g/mol. The first-order valence-electron chi connectivity index (χ1n) is 12.3. The molecule has 206 valence electrons. The molecule has 0 radical (unpaired) electrons. The van der Waals surface area contributed by atoms with Crippen LogP contribution in [0.2, 0.25) is 0 Å². The number of alkyl halides is 3. The van der Waals surface area contributed by atoms with E-state index in [-0.39, 0.29) is 42.8 Å². The molecule has 1 atom stereocenters. The van der Waals surface area contributed by atoms with Crippen molar-refractivity contribution < 1.29 is 17.9 Å². The van der Waals surface area contributed by atoms with Crippen molar-refractivity contribution in [2.24, 2.45) is 12.2 Å². The summed E-state index contributed by atoms with van der Waals surface area (Å²) >= 11 is 0. The van der Waals surface area contributed by atoms with Crippen molar-refractivity contribution in [2.45, 2.75) is 58.6 Å². The molecule has 4 rings (SSSR count). The van der Waals surface area contributed by atoms with Crippen molar-refractivity contribution in [1.29, 1.82) is 0 Å². The Kier molecular flexibility index (Phi) is 7.98. The lowest BCUT2D eigenvalue weighted by molar-refractivity contribution is -0.274. The van der Waals surface area contributed by atoms with Gasteiger partial charge in [0, 0.05) is 26.2 Å². The number of ether oxygens (including phenoxy) is 1. The molecule has 0 spiro atoms. The fourth-order valence-corrected chi connectivity index (χ4v) is 4.32. The summed E-state index contributed by atoms with van der Waals surface area (Å²) in [6.07, 6.45) is -2.43. The second-order valence-electron chi connectivity index (χ2n) is 9.24. The van der Waals surface area contributed by atoms with Gasteiger partial charge < -0.3 is 9.30 Å². The third kappa shape index (κ3) is 6.24. The first-order chi connectivity index (χ1) is 18.5. The van der Waals surface area contributed by atoms with Crippen LogP contribution < -0.4 is 16.0 Å². The second kappa shape index (κ2) is 11.2. The highest BCUT2D eigenvalue weighted by molar-refractivity contribution is 5.71. The van der Waals surface area contributed by atoms with Crippen molar-refractivity contribution in [3.63, 3.8) is 0 Å². The van der Waals surface area contributed by atoms with E-state index in [1.165, 1.54) is 29.8 Å². The zero-order valence-electron chi connectivity index (χ0n) is 21.6.